The Morgan fingerprint density at radius 2 is 2.06 bits per heavy atom. The van der Waals surface area contributed by atoms with E-state index >= 15 is 0 Å². The Morgan fingerprint density at radius 1 is 1.19 bits per heavy atom. The molecule has 0 bridgehead atoms. The smallest absolute Gasteiger partial charge is 0.0576 e. The molecule has 0 radical (unpaired) electrons. The van der Waals surface area contributed by atoms with E-state index in [1.54, 1.807) is 6.20 Å². The average Bonchev–Trinajstić information content (AvgIpc) is 2.76. The fraction of sp³-hybridized carbons (Fsp3) is 0.615. The molecular formula is C13H19N3. The van der Waals surface area contributed by atoms with E-state index in [4.69, 9.17) is 5.73 Å². The number of aromatic nitrogens is 1. The second kappa shape index (κ2) is 3.96. The summed E-state index contributed by atoms with van der Waals surface area (Å²) in [5.74, 6) is 0.912. The number of hydrogen-bond donors (Lipinski definition) is 1. The summed E-state index contributed by atoms with van der Waals surface area (Å²) in [4.78, 5) is 6.74. The fourth-order valence-electron chi connectivity index (χ4n) is 3.38. The summed E-state index contributed by atoms with van der Waals surface area (Å²) in [6.45, 7) is 1.17. The number of hydrogen-bond acceptors (Lipinski definition) is 3. The van der Waals surface area contributed by atoms with Crippen molar-refractivity contribution < 1.29 is 0 Å². The Hall–Kier alpha value is -1.25. The van der Waals surface area contributed by atoms with Crippen LogP contribution in [0.5, 0.6) is 0 Å². The third-order valence-electron chi connectivity index (χ3n) is 4.07. The van der Waals surface area contributed by atoms with E-state index in [0.29, 0.717) is 0 Å². The fourth-order valence-corrected chi connectivity index (χ4v) is 3.38. The van der Waals surface area contributed by atoms with E-state index in [1.807, 2.05) is 6.20 Å². The monoisotopic (exact) mass is 217 g/mol. The van der Waals surface area contributed by atoms with Gasteiger partial charge in [0.2, 0.25) is 0 Å². The van der Waals surface area contributed by atoms with Crippen LogP contribution >= 0.6 is 0 Å². The van der Waals surface area contributed by atoms with Crippen molar-refractivity contribution >= 4 is 11.4 Å². The minimum atomic E-state index is 0.748. The molecule has 16 heavy (non-hydrogen) atoms. The second-order valence-electron chi connectivity index (χ2n) is 5.07. The van der Waals surface area contributed by atoms with E-state index in [9.17, 15) is 0 Å². The van der Waals surface area contributed by atoms with Crippen LogP contribution in [0.15, 0.2) is 18.5 Å². The molecule has 2 fully saturated rings. The lowest BCUT2D eigenvalue weighted by Crippen LogP contribution is -2.42. The molecule has 0 spiro atoms. The van der Waals surface area contributed by atoms with Gasteiger partial charge in [0.05, 0.1) is 17.6 Å². The highest BCUT2D eigenvalue weighted by atomic mass is 15.2. The van der Waals surface area contributed by atoms with E-state index < -0.39 is 0 Å². The van der Waals surface area contributed by atoms with Gasteiger partial charge in [-0.2, -0.15) is 0 Å². The zero-order valence-electron chi connectivity index (χ0n) is 9.60. The quantitative estimate of drug-likeness (QED) is 0.785. The lowest BCUT2D eigenvalue weighted by atomic mass is 9.91. The summed E-state index contributed by atoms with van der Waals surface area (Å²) in [5.41, 5.74) is 7.81. The summed E-state index contributed by atoms with van der Waals surface area (Å²) in [6, 6.07) is 2.81. The van der Waals surface area contributed by atoms with Crippen LogP contribution in [0, 0.1) is 5.92 Å². The first-order valence-corrected chi connectivity index (χ1v) is 6.32. The van der Waals surface area contributed by atoms with Gasteiger partial charge in [-0.15, -0.1) is 0 Å². The topological polar surface area (TPSA) is 42.1 Å². The van der Waals surface area contributed by atoms with Crippen molar-refractivity contribution in [2.24, 2.45) is 5.92 Å². The van der Waals surface area contributed by atoms with Crippen LogP contribution in [0.2, 0.25) is 0 Å². The largest absolute Gasteiger partial charge is 0.397 e. The molecule has 1 aliphatic heterocycles. The van der Waals surface area contributed by atoms with E-state index in [0.717, 1.165) is 17.6 Å². The predicted molar refractivity (Wildman–Crippen MR) is 66.4 cm³/mol. The van der Waals surface area contributed by atoms with Gasteiger partial charge in [-0.1, -0.05) is 6.42 Å². The molecule has 2 unspecified atom stereocenters. The molecule has 1 aromatic rings. The molecule has 2 aliphatic rings. The third kappa shape index (κ3) is 1.64. The summed E-state index contributed by atoms with van der Waals surface area (Å²) >= 11 is 0. The van der Waals surface area contributed by atoms with Crippen LogP contribution in [0.3, 0.4) is 0 Å². The lowest BCUT2D eigenvalue weighted by Gasteiger charge is -2.39. The summed E-state index contributed by atoms with van der Waals surface area (Å²) in [5, 5.41) is 0. The molecule has 1 aliphatic carbocycles. The van der Waals surface area contributed by atoms with E-state index in [1.165, 1.54) is 44.3 Å². The zero-order valence-corrected chi connectivity index (χ0v) is 9.60. The first-order chi connectivity index (χ1) is 7.84. The predicted octanol–water partition coefficient (Wildman–Crippen LogP) is 2.43. The van der Waals surface area contributed by atoms with Crippen LogP contribution in [-0.2, 0) is 0 Å². The normalized spacial score (nSPS) is 29.1. The number of nitrogens with zero attached hydrogens (tertiary/aromatic N) is 2. The minimum absolute atomic E-state index is 0.748. The Balaban J connectivity index is 1.88. The molecule has 1 aromatic heterocycles. The number of nitrogen functional groups attached to an aromatic ring is 1. The summed E-state index contributed by atoms with van der Waals surface area (Å²) in [7, 11) is 0. The molecule has 0 amide bonds. The number of pyridine rings is 1. The highest BCUT2D eigenvalue weighted by Crippen LogP contribution is 2.39. The number of piperidine rings is 1. The molecule has 2 heterocycles. The van der Waals surface area contributed by atoms with Crippen LogP contribution < -0.4 is 10.6 Å². The molecular weight excluding hydrogens is 198 g/mol. The third-order valence-corrected chi connectivity index (χ3v) is 4.07. The number of rotatable bonds is 1. The Morgan fingerprint density at radius 3 is 2.94 bits per heavy atom. The molecule has 0 aromatic carbocycles. The number of nitrogens with two attached hydrogens (primary N) is 1. The van der Waals surface area contributed by atoms with Crippen molar-refractivity contribution in [1.29, 1.82) is 0 Å². The van der Waals surface area contributed by atoms with Gasteiger partial charge in [-0.25, -0.2) is 0 Å². The van der Waals surface area contributed by atoms with Gasteiger partial charge in [-0.05, 0) is 37.7 Å². The molecule has 1 saturated carbocycles. The average molecular weight is 217 g/mol. The molecule has 2 atom stereocenters. The van der Waals surface area contributed by atoms with Crippen molar-refractivity contribution in [2.75, 3.05) is 17.2 Å². The molecule has 1 saturated heterocycles. The van der Waals surface area contributed by atoms with Crippen molar-refractivity contribution in [3.05, 3.63) is 18.5 Å². The van der Waals surface area contributed by atoms with Crippen molar-refractivity contribution in [1.82, 2.24) is 4.98 Å². The van der Waals surface area contributed by atoms with Gasteiger partial charge in [0.25, 0.3) is 0 Å². The van der Waals surface area contributed by atoms with Gasteiger partial charge in [0.1, 0.15) is 0 Å². The summed E-state index contributed by atoms with van der Waals surface area (Å²) < 4.78 is 0. The van der Waals surface area contributed by atoms with E-state index in [-0.39, 0.29) is 0 Å². The van der Waals surface area contributed by atoms with Gasteiger partial charge < -0.3 is 10.6 Å². The van der Waals surface area contributed by atoms with Crippen LogP contribution in [0.25, 0.3) is 0 Å². The maximum Gasteiger partial charge on any atom is 0.0576 e. The van der Waals surface area contributed by atoms with E-state index in [2.05, 4.69) is 16.0 Å². The number of fused-ring (bicyclic) bond motifs is 1. The first-order valence-electron chi connectivity index (χ1n) is 6.32. The minimum Gasteiger partial charge on any atom is -0.397 e. The first kappa shape index (κ1) is 9.94. The van der Waals surface area contributed by atoms with Gasteiger partial charge in [-0.3, -0.25) is 4.98 Å². The Labute approximate surface area is 96.7 Å². The van der Waals surface area contributed by atoms with Gasteiger partial charge in [0, 0.05) is 18.8 Å². The molecule has 3 nitrogen and oxygen atoms in total. The molecule has 3 heteroatoms. The summed E-state index contributed by atoms with van der Waals surface area (Å²) in [6.07, 6.45) is 10.6. The Kier molecular flexibility index (Phi) is 2.46. The SMILES string of the molecule is Nc1cncc(N2CCCC3CCCC32)c1. The van der Waals surface area contributed by atoms with Crippen molar-refractivity contribution in [2.45, 2.75) is 38.1 Å². The van der Waals surface area contributed by atoms with Gasteiger partial charge in [0.15, 0.2) is 0 Å². The van der Waals surface area contributed by atoms with Crippen LogP contribution in [0.1, 0.15) is 32.1 Å². The van der Waals surface area contributed by atoms with Crippen molar-refractivity contribution in [3.8, 4) is 0 Å². The molecule has 86 valence electrons. The van der Waals surface area contributed by atoms with Crippen LogP contribution in [0.4, 0.5) is 11.4 Å². The van der Waals surface area contributed by atoms with Crippen molar-refractivity contribution in [3.63, 3.8) is 0 Å². The maximum absolute atomic E-state index is 5.81. The molecule has 2 N–H and O–H groups in total. The molecule has 3 rings (SSSR count). The van der Waals surface area contributed by atoms with Gasteiger partial charge >= 0.3 is 0 Å². The van der Waals surface area contributed by atoms with Crippen LogP contribution in [-0.4, -0.2) is 17.6 Å². The lowest BCUT2D eigenvalue weighted by molar-refractivity contribution is 0.362. The number of anilines is 2. The second-order valence-corrected chi connectivity index (χ2v) is 5.07. The zero-order chi connectivity index (χ0) is 11.0. The maximum atomic E-state index is 5.81. The standard InChI is InChI=1S/C13H19N3/c14-11-7-12(9-15-8-11)16-6-2-4-10-3-1-5-13(10)16/h7-10,13H,1-6,14H2. The Bertz CT molecular complexity index is 377. The highest BCUT2D eigenvalue weighted by molar-refractivity contribution is 5.54. The highest BCUT2D eigenvalue weighted by Gasteiger charge is 2.35.